The van der Waals surface area contributed by atoms with Crippen molar-refractivity contribution in [2.75, 3.05) is 26.1 Å². The van der Waals surface area contributed by atoms with E-state index in [1.54, 1.807) is 6.07 Å². The summed E-state index contributed by atoms with van der Waals surface area (Å²) in [6.45, 7) is 7.91. The van der Waals surface area contributed by atoms with Crippen LogP contribution in [-0.4, -0.2) is 56.5 Å². The molecule has 0 saturated heterocycles. The van der Waals surface area contributed by atoms with E-state index in [1.807, 2.05) is 6.92 Å². The highest BCUT2D eigenvalue weighted by atomic mass is 28.3. The van der Waals surface area contributed by atoms with Crippen molar-refractivity contribution < 1.29 is 33.3 Å². The van der Waals surface area contributed by atoms with Crippen molar-refractivity contribution in [3.05, 3.63) is 23.8 Å². The Bertz CT molecular complexity index is 985. The van der Waals surface area contributed by atoms with Crippen LogP contribution in [0.5, 0.6) is 29.3 Å². The Balaban J connectivity index is 2.04. The quantitative estimate of drug-likeness (QED) is 0.504. The molecular weight excluding hydrogens is 422 g/mol. The highest BCUT2D eigenvalue weighted by Crippen LogP contribution is 2.40. The number of ether oxygens (including phenoxy) is 5. The molecule has 1 aliphatic heterocycles. The van der Waals surface area contributed by atoms with Crippen molar-refractivity contribution in [1.29, 1.82) is 0 Å². The molecule has 0 fully saturated rings. The first-order valence-corrected chi connectivity index (χ1v) is 13.2. The van der Waals surface area contributed by atoms with Gasteiger partial charge in [-0.1, -0.05) is 19.6 Å². The zero-order chi connectivity index (χ0) is 22.8. The molecule has 2 heterocycles. The molecule has 3 rings (SSSR count). The topological polar surface area (TPSA) is 118 Å². The van der Waals surface area contributed by atoms with E-state index in [0.29, 0.717) is 5.69 Å². The molecule has 1 amide bonds. The summed E-state index contributed by atoms with van der Waals surface area (Å²) in [5.41, 5.74) is 0.114. The van der Waals surface area contributed by atoms with E-state index in [1.165, 1.54) is 26.4 Å². The third-order valence-corrected chi connectivity index (χ3v) is 7.28. The third-order valence-electron chi connectivity index (χ3n) is 4.73. The molecule has 0 aliphatic carbocycles. The minimum Gasteiger partial charge on any atom is -0.481 e. The number of rotatable bonds is 7. The lowest BCUT2D eigenvalue weighted by Gasteiger charge is -2.27. The molecule has 1 aromatic carbocycles. The van der Waals surface area contributed by atoms with E-state index in [0.717, 1.165) is 0 Å². The maximum absolute atomic E-state index is 13.1. The number of benzene rings is 1. The molecule has 1 unspecified atom stereocenters. The number of hydrogen-bond donors (Lipinski definition) is 1. The SMILES string of the molecule is COc1cc(OC)nc(Oc2ccc3c(c2C(=O)OC(C)[Si](C)(C)C)OCC(=O)N3)n1. The van der Waals surface area contributed by atoms with Crippen LogP contribution < -0.4 is 24.3 Å². The molecule has 11 heteroatoms. The van der Waals surface area contributed by atoms with Gasteiger partial charge in [0.2, 0.25) is 11.8 Å². The molecule has 0 bridgehead atoms. The second-order valence-electron chi connectivity index (χ2n) is 7.90. The first-order chi connectivity index (χ1) is 14.6. The van der Waals surface area contributed by atoms with Crippen LogP contribution in [0.4, 0.5) is 5.69 Å². The minimum absolute atomic E-state index is 0.0352. The van der Waals surface area contributed by atoms with Crippen LogP contribution in [0.2, 0.25) is 19.6 Å². The van der Waals surface area contributed by atoms with Crippen molar-refractivity contribution in [3.8, 4) is 29.3 Å². The first-order valence-electron chi connectivity index (χ1n) is 9.58. The Morgan fingerprint density at radius 1 is 1.16 bits per heavy atom. The monoisotopic (exact) mass is 447 g/mol. The van der Waals surface area contributed by atoms with Crippen molar-refractivity contribution >= 4 is 25.6 Å². The number of carbonyl (C=O) groups is 2. The van der Waals surface area contributed by atoms with E-state index >= 15 is 0 Å². The smallest absolute Gasteiger partial charge is 0.345 e. The molecule has 31 heavy (non-hydrogen) atoms. The summed E-state index contributed by atoms with van der Waals surface area (Å²) in [7, 11) is 1.12. The fraction of sp³-hybridized carbons (Fsp3) is 0.400. The lowest BCUT2D eigenvalue weighted by molar-refractivity contribution is -0.118. The van der Waals surface area contributed by atoms with E-state index in [-0.39, 0.29) is 53.1 Å². The van der Waals surface area contributed by atoms with Gasteiger partial charge in [-0.05, 0) is 19.1 Å². The van der Waals surface area contributed by atoms with Gasteiger partial charge in [0.15, 0.2) is 12.4 Å². The van der Waals surface area contributed by atoms with E-state index in [2.05, 4.69) is 34.9 Å². The molecule has 1 aliphatic rings. The third kappa shape index (κ3) is 5.05. The molecule has 2 aromatic rings. The van der Waals surface area contributed by atoms with Crippen LogP contribution in [0.15, 0.2) is 18.2 Å². The van der Waals surface area contributed by atoms with Gasteiger partial charge in [0.25, 0.3) is 5.91 Å². The van der Waals surface area contributed by atoms with Gasteiger partial charge >= 0.3 is 12.0 Å². The van der Waals surface area contributed by atoms with Crippen LogP contribution >= 0.6 is 0 Å². The summed E-state index contributed by atoms with van der Waals surface area (Å²) in [6, 6.07) is 4.48. The van der Waals surface area contributed by atoms with Gasteiger partial charge in [-0.3, -0.25) is 4.79 Å². The number of nitrogens with zero attached hydrogens (tertiary/aromatic N) is 2. The zero-order valence-electron chi connectivity index (χ0n) is 18.3. The summed E-state index contributed by atoms with van der Waals surface area (Å²) in [5.74, 6) is -0.234. The number of anilines is 1. The number of hydrogen-bond acceptors (Lipinski definition) is 9. The molecule has 0 radical (unpaired) electrons. The van der Waals surface area contributed by atoms with Gasteiger partial charge in [0.05, 0.1) is 39.8 Å². The summed E-state index contributed by atoms with van der Waals surface area (Å²) < 4.78 is 27.4. The average molecular weight is 448 g/mol. The Labute approximate surface area is 180 Å². The number of nitrogens with one attached hydrogen (secondary N) is 1. The summed E-state index contributed by atoms with van der Waals surface area (Å²) in [4.78, 5) is 33.1. The lowest BCUT2D eigenvalue weighted by Crippen LogP contribution is -2.39. The van der Waals surface area contributed by atoms with Crippen molar-refractivity contribution in [3.63, 3.8) is 0 Å². The van der Waals surface area contributed by atoms with Crippen LogP contribution in [0.25, 0.3) is 0 Å². The molecule has 0 saturated carbocycles. The maximum atomic E-state index is 13.1. The first kappa shape index (κ1) is 22.3. The van der Waals surface area contributed by atoms with E-state index < -0.39 is 14.0 Å². The Morgan fingerprint density at radius 3 is 2.39 bits per heavy atom. The normalized spacial score (nSPS) is 13.9. The standard InChI is InChI=1S/C20H25N3O7Si/c1-11(31(4,5)6)29-19(25)17-13(8-7-12-18(17)28-10-14(24)21-12)30-20-22-15(26-2)9-16(23-20)27-3/h7-9,11H,10H2,1-6H3,(H,21,24). The molecule has 1 atom stereocenters. The number of carbonyl (C=O) groups excluding carboxylic acids is 2. The summed E-state index contributed by atoms with van der Waals surface area (Å²) >= 11 is 0. The largest absolute Gasteiger partial charge is 0.481 e. The van der Waals surface area contributed by atoms with Gasteiger partial charge in [0.1, 0.15) is 11.3 Å². The molecule has 1 N–H and O–H groups in total. The van der Waals surface area contributed by atoms with Crippen LogP contribution in [-0.2, 0) is 9.53 Å². The van der Waals surface area contributed by atoms with Gasteiger partial charge in [0, 0.05) is 0 Å². The summed E-state index contributed by atoms with van der Waals surface area (Å²) in [5, 5.41) is 2.68. The lowest BCUT2D eigenvalue weighted by atomic mass is 10.1. The predicted molar refractivity (Wildman–Crippen MR) is 114 cm³/mol. The van der Waals surface area contributed by atoms with Gasteiger partial charge in [-0.2, -0.15) is 9.97 Å². The molecule has 1 aromatic heterocycles. The van der Waals surface area contributed by atoms with Crippen LogP contribution in [0.3, 0.4) is 0 Å². The number of aromatic nitrogens is 2. The second-order valence-corrected chi connectivity index (χ2v) is 13.4. The molecular formula is C20H25N3O7Si. The van der Waals surface area contributed by atoms with Gasteiger partial charge in [-0.25, -0.2) is 4.79 Å². The van der Waals surface area contributed by atoms with Crippen LogP contribution in [0.1, 0.15) is 17.3 Å². The van der Waals surface area contributed by atoms with E-state index in [9.17, 15) is 9.59 Å². The van der Waals surface area contributed by atoms with Crippen molar-refractivity contribution in [2.24, 2.45) is 0 Å². The highest BCUT2D eigenvalue weighted by molar-refractivity contribution is 6.77. The van der Waals surface area contributed by atoms with E-state index in [4.69, 9.17) is 23.7 Å². The highest BCUT2D eigenvalue weighted by Gasteiger charge is 2.32. The minimum atomic E-state index is -1.77. The Kier molecular flexibility index (Phi) is 6.34. The second kappa shape index (κ2) is 8.80. The van der Waals surface area contributed by atoms with Crippen molar-refractivity contribution in [2.45, 2.75) is 32.3 Å². The maximum Gasteiger partial charge on any atom is 0.345 e. The fourth-order valence-corrected chi connectivity index (χ4v) is 3.01. The molecule has 0 spiro atoms. The van der Waals surface area contributed by atoms with Crippen molar-refractivity contribution in [1.82, 2.24) is 9.97 Å². The van der Waals surface area contributed by atoms with Gasteiger partial charge in [-0.15, -0.1) is 0 Å². The Hall–Kier alpha value is -3.34. The average Bonchev–Trinajstić information content (AvgIpc) is 2.72. The predicted octanol–water partition coefficient (Wildman–Crippen LogP) is 3.04. The van der Waals surface area contributed by atoms with Crippen LogP contribution in [0, 0.1) is 0 Å². The molecule has 166 valence electrons. The summed E-state index contributed by atoms with van der Waals surface area (Å²) in [6.07, 6.45) is 0. The van der Waals surface area contributed by atoms with Gasteiger partial charge < -0.3 is 29.0 Å². The Morgan fingerprint density at radius 2 is 1.81 bits per heavy atom. The zero-order valence-corrected chi connectivity index (χ0v) is 19.3. The fourth-order valence-electron chi connectivity index (χ4n) is 2.55. The number of fused-ring (bicyclic) bond motifs is 1. The number of amides is 1. The number of methoxy groups -OCH3 is 2. The number of esters is 1. The molecule has 10 nitrogen and oxygen atoms in total.